The molecule has 0 heterocycles. The van der Waals surface area contributed by atoms with Crippen LogP contribution in [0.2, 0.25) is 0 Å². The average Bonchev–Trinajstić information content (AvgIpc) is 2.46. The van der Waals surface area contributed by atoms with Crippen LogP contribution in [0.15, 0.2) is 18.2 Å². The van der Waals surface area contributed by atoms with Crippen molar-refractivity contribution in [1.82, 2.24) is 5.32 Å². The lowest BCUT2D eigenvalue weighted by atomic mass is 9.87. The number of carbonyl (C=O) groups is 1. The quantitative estimate of drug-likeness (QED) is 0.730. The minimum absolute atomic E-state index is 0.166. The van der Waals surface area contributed by atoms with Gasteiger partial charge in [-0.25, -0.2) is 0 Å². The summed E-state index contributed by atoms with van der Waals surface area (Å²) in [7, 11) is 1.53. The molecule has 20 heavy (non-hydrogen) atoms. The molecule has 0 aliphatic heterocycles. The summed E-state index contributed by atoms with van der Waals surface area (Å²) in [5.74, 6) is 0.797. The van der Waals surface area contributed by atoms with Gasteiger partial charge in [-0.15, -0.1) is 0 Å². The molecular weight excluding hydrogens is 256 g/mol. The van der Waals surface area contributed by atoms with Crippen molar-refractivity contribution in [2.75, 3.05) is 19.4 Å². The third-order valence-corrected chi connectivity index (χ3v) is 3.84. The van der Waals surface area contributed by atoms with Gasteiger partial charge in [0.1, 0.15) is 5.75 Å². The van der Waals surface area contributed by atoms with E-state index in [1.165, 1.54) is 7.11 Å². The van der Waals surface area contributed by atoms with E-state index in [1.54, 1.807) is 18.2 Å². The van der Waals surface area contributed by atoms with Crippen LogP contribution in [0.3, 0.4) is 0 Å². The Morgan fingerprint density at radius 3 is 2.75 bits per heavy atom. The summed E-state index contributed by atoms with van der Waals surface area (Å²) in [6.07, 6.45) is 3.38. The molecule has 2 rings (SSSR count). The third-order valence-electron chi connectivity index (χ3n) is 3.84. The number of anilines is 1. The lowest BCUT2D eigenvalue weighted by molar-refractivity contribution is 0.0908. The number of methoxy groups -OCH3 is 1. The van der Waals surface area contributed by atoms with Crippen LogP contribution in [0.25, 0.3) is 0 Å². The number of nitrogen functional groups attached to an aromatic ring is 1. The van der Waals surface area contributed by atoms with Gasteiger partial charge < -0.3 is 20.9 Å². The Labute approximate surface area is 119 Å². The molecule has 1 aromatic carbocycles. The van der Waals surface area contributed by atoms with Crippen LogP contribution in [-0.2, 0) is 0 Å². The SMILES string of the molecule is COc1ccc(N)cc1C(=O)NCC1CCC(O)CC1. The highest BCUT2D eigenvalue weighted by molar-refractivity contribution is 5.97. The van der Waals surface area contributed by atoms with Crippen LogP contribution in [0, 0.1) is 5.92 Å². The van der Waals surface area contributed by atoms with E-state index in [0.717, 1.165) is 25.7 Å². The fraction of sp³-hybridized carbons (Fsp3) is 0.533. The van der Waals surface area contributed by atoms with Gasteiger partial charge in [-0.3, -0.25) is 4.79 Å². The fourth-order valence-electron chi connectivity index (χ4n) is 2.58. The van der Waals surface area contributed by atoms with Crippen LogP contribution in [0.1, 0.15) is 36.0 Å². The highest BCUT2D eigenvalue weighted by atomic mass is 16.5. The standard InChI is InChI=1S/C15H22N2O3/c1-20-14-7-4-11(16)8-13(14)15(19)17-9-10-2-5-12(18)6-3-10/h4,7-8,10,12,18H,2-3,5-6,9,16H2,1H3,(H,17,19). The molecule has 0 bridgehead atoms. The van der Waals surface area contributed by atoms with Crippen LogP contribution in [0.5, 0.6) is 5.75 Å². The first-order valence-corrected chi connectivity index (χ1v) is 7.00. The Hall–Kier alpha value is -1.75. The molecule has 1 amide bonds. The van der Waals surface area contributed by atoms with E-state index >= 15 is 0 Å². The van der Waals surface area contributed by atoms with Crippen LogP contribution in [-0.4, -0.2) is 30.8 Å². The van der Waals surface area contributed by atoms with Gasteiger partial charge in [0.25, 0.3) is 5.91 Å². The number of aliphatic hydroxyl groups excluding tert-OH is 1. The molecule has 0 unspecified atom stereocenters. The summed E-state index contributed by atoms with van der Waals surface area (Å²) in [6.45, 7) is 0.628. The number of carbonyl (C=O) groups excluding carboxylic acids is 1. The van der Waals surface area contributed by atoms with E-state index in [1.807, 2.05) is 0 Å². The number of aliphatic hydroxyl groups is 1. The lowest BCUT2D eigenvalue weighted by Crippen LogP contribution is -2.32. The molecule has 110 valence electrons. The maximum Gasteiger partial charge on any atom is 0.255 e. The van der Waals surface area contributed by atoms with E-state index in [2.05, 4.69) is 5.32 Å². The number of benzene rings is 1. The van der Waals surface area contributed by atoms with Crippen LogP contribution in [0.4, 0.5) is 5.69 Å². The number of hydrogen-bond donors (Lipinski definition) is 3. The largest absolute Gasteiger partial charge is 0.496 e. The van der Waals surface area contributed by atoms with E-state index in [9.17, 15) is 9.90 Å². The van der Waals surface area contributed by atoms with Gasteiger partial charge in [-0.1, -0.05) is 0 Å². The number of ether oxygens (including phenoxy) is 1. The molecule has 0 radical (unpaired) electrons. The molecule has 0 aromatic heterocycles. The van der Waals surface area contributed by atoms with Crippen molar-refractivity contribution in [1.29, 1.82) is 0 Å². The van der Waals surface area contributed by atoms with Crippen molar-refractivity contribution in [3.8, 4) is 5.75 Å². The van der Waals surface area contributed by atoms with Crippen molar-refractivity contribution in [2.24, 2.45) is 5.92 Å². The Morgan fingerprint density at radius 2 is 2.10 bits per heavy atom. The summed E-state index contributed by atoms with van der Waals surface area (Å²) in [6, 6.07) is 5.03. The minimum Gasteiger partial charge on any atom is -0.496 e. The van der Waals surface area contributed by atoms with E-state index in [4.69, 9.17) is 10.5 Å². The van der Waals surface area contributed by atoms with Crippen LogP contribution >= 0.6 is 0 Å². The molecule has 0 saturated heterocycles. The molecule has 5 nitrogen and oxygen atoms in total. The number of hydrogen-bond acceptors (Lipinski definition) is 4. The van der Waals surface area contributed by atoms with Crippen molar-refractivity contribution in [3.63, 3.8) is 0 Å². The monoisotopic (exact) mass is 278 g/mol. The summed E-state index contributed by atoms with van der Waals surface area (Å²) in [5.41, 5.74) is 6.71. The number of rotatable bonds is 4. The summed E-state index contributed by atoms with van der Waals surface area (Å²) < 4.78 is 5.18. The normalized spacial score (nSPS) is 22.3. The second kappa shape index (κ2) is 6.61. The van der Waals surface area contributed by atoms with E-state index in [0.29, 0.717) is 29.5 Å². The topological polar surface area (TPSA) is 84.6 Å². The minimum atomic E-state index is -0.170. The van der Waals surface area contributed by atoms with Gasteiger partial charge in [-0.2, -0.15) is 0 Å². The zero-order valence-corrected chi connectivity index (χ0v) is 11.8. The summed E-state index contributed by atoms with van der Waals surface area (Å²) >= 11 is 0. The molecule has 4 N–H and O–H groups in total. The molecule has 1 aromatic rings. The van der Waals surface area contributed by atoms with E-state index < -0.39 is 0 Å². The summed E-state index contributed by atoms with van der Waals surface area (Å²) in [4.78, 5) is 12.2. The molecule has 5 heteroatoms. The van der Waals surface area contributed by atoms with Gasteiger partial charge in [0.2, 0.25) is 0 Å². The zero-order valence-electron chi connectivity index (χ0n) is 11.8. The number of nitrogens with two attached hydrogens (primary N) is 1. The average molecular weight is 278 g/mol. The van der Waals surface area contributed by atoms with Gasteiger partial charge >= 0.3 is 0 Å². The summed E-state index contributed by atoms with van der Waals surface area (Å²) in [5, 5.41) is 12.4. The number of amides is 1. The maximum atomic E-state index is 12.2. The van der Waals surface area contributed by atoms with Gasteiger partial charge in [0, 0.05) is 12.2 Å². The molecule has 1 fully saturated rings. The van der Waals surface area contributed by atoms with E-state index in [-0.39, 0.29) is 12.0 Å². The highest BCUT2D eigenvalue weighted by Gasteiger charge is 2.20. The van der Waals surface area contributed by atoms with Crippen molar-refractivity contribution >= 4 is 11.6 Å². The van der Waals surface area contributed by atoms with Crippen LogP contribution < -0.4 is 15.8 Å². The Kier molecular flexibility index (Phi) is 4.84. The first-order valence-electron chi connectivity index (χ1n) is 7.00. The predicted molar refractivity (Wildman–Crippen MR) is 77.7 cm³/mol. The maximum absolute atomic E-state index is 12.2. The highest BCUT2D eigenvalue weighted by Crippen LogP contribution is 2.24. The fourth-order valence-corrected chi connectivity index (χ4v) is 2.58. The molecule has 0 spiro atoms. The Morgan fingerprint density at radius 1 is 1.40 bits per heavy atom. The zero-order chi connectivity index (χ0) is 14.5. The molecule has 1 saturated carbocycles. The van der Waals surface area contributed by atoms with Gasteiger partial charge in [-0.05, 0) is 49.8 Å². The molecule has 1 aliphatic carbocycles. The molecular formula is C15H22N2O3. The third kappa shape index (κ3) is 3.63. The Balaban J connectivity index is 1.93. The second-order valence-corrected chi connectivity index (χ2v) is 5.34. The number of nitrogens with one attached hydrogen (secondary N) is 1. The Bertz CT molecular complexity index is 468. The molecule has 0 atom stereocenters. The first-order chi connectivity index (χ1) is 9.60. The van der Waals surface area contributed by atoms with Crippen molar-refractivity contribution in [2.45, 2.75) is 31.8 Å². The second-order valence-electron chi connectivity index (χ2n) is 5.34. The predicted octanol–water partition coefficient (Wildman–Crippen LogP) is 1.56. The van der Waals surface area contributed by atoms with Gasteiger partial charge in [0.15, 0.2) is 0 Å². The van der Waals surface area contributed by atoms with Gasteiger partial charge in [0.05, 0.1) is 18.8 Å². The van der Waals surface area contributed by atoms with Crippen molar-refractivity contribution in [3.05, 3.63) is 23.8 Å². The van der Waals surface area contributed by atoms with Crippen molar-refractivity contribution < 1.29 is 14.6 Å². The lowest BCUT2D eigenvalue weighted by Gasteiger charge is -2.25. The first kappa shape index (κ1) is 14.7. The smallest absolute Gasteiger partial charge is 0.255 e. The molecule has 1 aliphatic rings.